The van der Waals surface area contributed by atoms with Crippen LogP contribution in [0.1, 0.15) is 22.1 Å². The Morgan fingerprint density at radius 3 is 3.00 bits per heavy atom. The summed E-state index contributed by atoms with van der Waals surface area (Å²) in [5.74, 6) is 0. The second-order valence-electron chi connectivity index (χ2n) is 4.18. The molecule has 0 saturated carbocycles. The molecule has 1 unspecified atom stereocenters. The molecule has 1 aliphatic rings. The van der Waals surface area contributed by atoms with Gasteiger partial charge in [0.05, 0.1) is 36.2 Å². The van der Waals surface area contributed by atoms with Crippen molar-refractivity contribution in [3.63, 3.8) is 0 Å². The van der Waals surface area contributed by atoms with E-state index in [-0.39, 0.29) is 6.10 Å². The van der Waals surface area contributed by atoms with E-state index in [1.165, 1.54) is 16.0 Å². The zero-order valence-electron chi connectivity index (χ0n) is 9.32. The second-order valence-corrected chi connectivity index (χ2v) is 5.14. The quantitative estimate of drug-likeness (QED) is 0.753. The number of hydrogen-bond acceptors (Lipinski definition) is 3. The van der Waals surface area contributed by atoms with Crippen LogP contribution in [0.2, 0.25) is 0 Å². The van der Waals surface area contributed by atoms with Gasteiger partial charge in [-0.15, -0.1) is 11.3 Å². The smallest absolute Gasteiger partial charge is 0.0962 e. The Hall–Kier alpha value is -0.185. The van der Waals surface area contributed by atoms with E-state index in [9.17, 15) is 0 Å². The van der Waals surface area contributed by atoms with Crippen molar-refractivity contribution in [3.05, 3.63) is 21.4 Å². The van der Waals surface area contributed by atoms with Gasteiger partial charge in [0.25, 0.3) is 0 Å². The third-order valence-electron chi connectivity index (χ3n) is 2.67. The molecule has 0 spiro atoms. The summed E-state index contributed by atoms with van der Waals surface area (Å²) < 4.78 is 5.72. The zero-order chi connectivity index (χ0) is 11.8. The SMILES string of the molecule is [B]C([B])([B])NCC1OCCc2scc(C)c21. The van der Waals surface area contributed by atoms with Gasteiger partial charge in [-0.1, -0.05) is 5.24 Å². The summed E-state index contributed by atoms with van der Waals surface area (Å²) in [6.45, 7) is 3.37. The molecule has 0 saturated heterocycles. The Balaban J connectivity index is 2.10. The predicted molar refractivity (Wildman–Crippen MR) is 69.4 cm³/mol. The lowest BCUT2D eigenvalue weighted by Gasteiger charge is -2.29. The second kappa shape index (κ2) is 4.59. The molecule has 0 aromatic carbocycles. The van der Waals surface area contributed by atoms with Gasteiger partial charge in [0, 0.05) is 17.8 Å². The van der Waals surface area contributed by atoms with E-state index < -0.39 is 5.24 Å². The molecule has 0 amide bonds. The van der Waals surface area contributed by atoms with Crippen molar-refractivity contribution in [2.45, 2.75) is 24.7 Å². The van der Waals surface area contributed by atoms with Gasteiger partial charge < -0.3 is 10.1 Å². The summed E-state index contributed by atoms with van der Waals surface area (Å²) in [6, 6.07) is 0. The van der Waals surface area contributed by atoms with E-state index in [2.05, 4.69) is 17.6 Å². The van der Waals surface area contributed by atoms with Crippen LogP contribution in [0.4, 0.5) is 0 Å². The molecule has 2 heterocycles. The maximum absolute atomic E-state index is 5.72. The molecule has 0 aliphatic carbocycles. The molecule has 78 valence electrons. The number of hydrogen-bond donors (Lipinski definition) is 1. The van der Waals surface area contributed by atoms with Crippen LogP contribution in [0.25, 0.3) is 0 Å². The molecule has 1 N–H and O–H groups in total. The van der Waals surface area contributed by atoms with Crippen molar-refractivity contribution in [1.82, 2.24) is 5.32 Å². The molecule has 1 aliphatic heterocycles. The summed E-state index contributed by atoms with van der Waals surface area (Å²) in [6.07, 6.45) is 0.994. The molecule has 6 radical (unpaired) electrons. The summed E-state index contributed by atoms with van der Waals surface area (Å²) >= 11 is 1.79. The zero-order valence-corrected chi connectivity index (χ0v) is 10.1. The standard InChI is InChI=1S/C10H12B3NOS/c1-6-5-16-8-2-3-15-7(9(6)8)4-14-10(11,12)13/h5,7,14H,2-4H2,1H3. The first-order valence-corrected chi connectivity index (χ1v) is 6.15. The first-order valence-electron chi connectivity index (χ1n) is 5.27. The predicted octanol–water partition coefficient (Wildman–Crippen LogP) is 0.377. The highest BCUT2D eigenvalue weighted by atomic mass is 32.1. The van der Waals surface area contributed by atoms with Crippen LogP contribution in [0.5, 0.6) is 0 Å². The maximum atomic E-state index is 5.72. The van der Waals surface area contributed by atoms with Gasteiger partial charge in [0.2, 0.25) is 0 Å². The number of rotatable bonds is 3. The van der Waals surface area contributed by atoms with Gasteiger partial charge >= 0.3 is 0 Å². The number of nitrogens with one attached hydrogen (secondary N) is 1. The van der Waals surface area contributed by atoms with Crippen molar-refractivity contribution in [1.29, 1.82) is 0 Å². The van der Waals surface area contributed by atoms with Crippen LogP contribution in [0.15, 0.2) is 5.38 Å². The molecule has 6 heteroatoms. The molecule has 1 aromatic heterocycles. The molecule has 0 fully saturated rings. The van der Waals surface area contributed by atoms with E-state index in [1.807, 2.05) is 0 Å². The average Bonchev–Trinajstić information content (AvgIpc) is 2.57. The lowest BCUT2D eigenvalue weighted by Crippen LogP contribution is -2.49. The lowest BCUT2D eigenvalue weighted by atomic mass is 9.49. The van der Waals surface area contributed by atoms with Gasteiger partial charge in [0.1, 0.15) is 0 Å². The fourth-order valence-electron chi connectivity index (χ4n) is 1.94. The van der Waals surface area contributed by atoms with Crippen molar-refractivity contribution in [3.8, 4) is 0 Å². The fraction of sp³-hybridized carbons (Fsp3) is 0.600. The van der Waals surface area contributed by atoms with E-state index in [0.717, 1.165) is 13.0 Å². The summed E-state index contributed by atoms with van der Waals surface area (Å²) in [5, 5.41) is 3.68. The van der Waals surface area contributed by atoms with Crippen LogP contribution < -0.4 is 5.32 Å². The van der Waals surface area contributed by atoms with Crippen molar-refractivity contribution in [2.75, 3.05) is 13.2 Å². The third-order valence-corrected chi connectivity index (χ3v) is 3.85. The minimum Gasteiger partial charge on any atom is -0.372 e. The summed E-state index contributed by atoms with van der Waals surface area (Å²) in [5.41, 5.74) is 2.54. The van der Waals surface area contributed by atoms with Gasteiger partial charge in [-0.05, 0) is 23.4 Å². The highest BCUT2D eigenvalue weighted by molar-refractivity contribution is 7.10. The highest BCUT2D eigenvalue weighted by Crippen LogP contribution is 2.34. The van der Waals surface area contributed by atoms with Gasteiger partial charge in [-0.25, -0.2) is 0 Å². The molecule has 16 heavy (non-hydrogen) atoms. The van der Waals surface area contributed by atoms with Crippen LogP contribution in [-0.4, -0.2) is 41.9 Å². The van der Waals surface area contributed by atoms with Gasteiger partial charge in [-0.2, -0.15) is 0 Å². The first kappa shape index (κ1) is 12.3. The number of ether oxygens (including phenoxy) is 1. The molecule has 1 atom stereocenters. The lowest BCUT2D eigenvalue weighted by molar-refractivity contribution is 0.0433. The van der Waals surface area contributed by atoms with Crippen LogP contribution in [0, 0.1) is 6.92 Å². The Morgan fingerprint density at radius 1 is 1.56 bits per heavy atom. The van der Waals surface area contributed by atoms with E-state index in [4.69, 9.17) is 28.3 Å². The Kier molecular flexibility index (Phi) is 3.52. The molecule has 0 bridgehead atoms. The highest BCUT2D eigenvalue weighted by Gasteiger charge is 2.25. The van der Waals surface area contributed by atoms with E-state index in [1.54, 1.807) is 11.3 Å². The average molecular weight is 227 g/mol. The normalized spacial score (nSPS) is 20.7. The molecule has 1 aromatic rings. The molecular formula is C10H12B3NOS. The fourth-order valence-corrected chi connectivity index (χ4v) is 3.01. The number of aryl methyl sites for hydroxylation is 1. The van der Waals surface area contributed by atoms with Crippen molar-refractivity contribution < 1.29 is 4.74 Å². The molecule has 2 rings (SSSR count). The minimum atomic E-state index is -1.34. The Morgan fingerprint density at radius 2 is 2.31 bits per heavy atom. The topological polar surface area (TPSA) is 21.3 Å². The Bertz CT molecular complexity index is 375. The minimum absolute atomic E-state index is 0.00465. The van der Waals surface area contributed by atoms with Crippen LogP contribution >= 0.6 is 11.3 Å². The first-order chi connectivity index (χ1) is 7.47. The maximum Gasteiger partial charge on any atom is 0.0962 e. The van der Waals surface area contributed by atoms with Gasteiger partial charge in [0.15, 0.2) is 0 Å². The summed E-state index contributed by atoms with van der Waals surface area (Å²) in [4.78, 5) is 1.40. The summed E-state index contributed by atoms with van der Waals surface area (Å²) in [7, 11) is 16.4. The number of fused-ring (bicyclic) bond motifs is 1. The largest absolute Gasteiger partial charge is 0.372 e. The monoisotopic (exact) mass is 227 g/mol. The van der Waals surface area contributed by atoms with Crippen molar-refractivity contribution >= 4 is 34.9 Å². The Labute approximate surface area is 104 Å². The van der Waals surface area contributed by atoms with Crippen LogP contribution in [-0.2, 0) is 11.2 Å². The number of thiophene rings is 1. The third kappa shape index (κ3) is 2.73. The van der Waals surface area contributed by atoms with Crippen molar-refractivity contribution in [2.24, 2.45) is 0 Å². The van der Waals surface area contributed by atoms with Crippen LogP contribution in [0.3, 0.4) is 0 Å². The van der Waals surface area contributed by atoms with E-state index in [0.29, 0.717) is 6.54 Å². The van der Waals surface area contributed by atoms with E-state index >= 15 is 0 Å². The molecular weight excluding hydrogens is 215 g/mol. The van der Waals surface area contributed by atoms with Gasteiger partial charge in [-0.3, -0.25) is 0 Å². The molecule has 2 nitrogen and oxygen atoms in total.